The minimum absolute atomic E-state index is 0.126. The molecule has 1 aromatic heterocycles. The summed E-state index contributed by atoms with van der Waals surface area (Å²) in [5.41, 5.74) is 7.14. The second-order valence-electron chi connectivity index (χ2n) is 5.30. The topological polar surface area (TPSA) is 92.6 Å². The van der Waals surface area contributed by atoms with Crippen molar-refractivity contribution in [3.05, 3.63) is 58.8 Å². The van der Waals surface area contributed by atoms with Crippen molar-refractivity contribution in [2.24, 2.45) is 10.7 Å². The van der Waals surface area contributed by atoms with Crippen LogP contribution in [0.25, 0.3) is 0 Å². The van der Waals surface area contributed by atoms with Crippen LogP contribution in [0.3, 0.4) is 0 Å². The maximum Gasteiger partial charge on any atom is 0.284 e. The molecule has 128 valence electrons. The summed E-state index contributed by atoms with van der Waals surface area (Å²) < 4.78 is 18.4. The number of aryl methyl sites for hydroxylation is 1. The zero-order valence-electron chi connectivity index (χ0n) is 13.7. The average molecular weight is 332 g/mol. The molecule has 0 radical (unpaired) electrons. The van der Waals surface area contributed by atoms with E-state index in [0.717, 1.165) is 17.5 Å². The highest BCUT2D eigenvalue weighted by Crippen LogP contribution is 2.10. The summed E-state index contributed by atoms with van der Waals surface area (Å²) in [4.78, 5) is 15.1. The third-order valence-corrected chi connectivity index (χ3v) is 3.55. The second-order valence-corrected chi connectivity index (χ2v) is 5.30. The fraction of sp³-hybridized carbons (Fsp3) is 0.294. The molecule has 0 spiro atoms. The van der Waals surface area contributed by atoms with E-state index in [9.17, 15) is 9.18 Å². The first-order chi connectivity index (χ1) is 11.5. The molecule has 0 saturated carbocycles. The Morgan fingerprint density at radius 1 is 1.29 bits per heavy atom. The Hall–Kier alpha value is -2.83. The molecule has 0 aliphatic heterocycles. The van der Waals surface area contributed by atoms with Gasteiger partial charge in [-0.2, -0.15) is 0 Å². The van der Waals surface area contributed by atoms with Crippen LogP contribution in [0, 0.1) is 12.7 Å². The van der Waals surface area contributed by atoms with Crippen LogP contribution in [0.15, 0.2) is 39.7 Å². The molecule has 0 unspecified atom stereocenters. The quantitative estimate of drug-likeness (QED) is 0.555. The molecule has 4 N–H and O–H groups in total. The van der Waals surface area contributed by atoms with Gasteiger partial charge in [0.15, 0.2) is 11.7 Å². The summed E-state index contributed by atoms with van der Waals surface area (Å²) in [6.45, 7) is 2.91. The number of amides is 1. The number of benzene rings is 1. The van der Waals surface area contributed by atoms with Gasteiger partial charge in [-0.05, 0) is 48.7 Å². The number of halogens is 1. The van der Waals surface area contributed by atoms with Crippen LogP contribution >= 0.6 is 0 Å². The predicted octanol–water partition coefficient (Wildman–Crippen LogP) is 1.73. The van der Waals surface area contributed by atoms with Gasteiger partial charge in [-0.1, -0.05) is 6.07 Å². The normalized spacial score (nSPS) is 11.4. The highest BCUT2D eigenvalue weighted by atomic mass is 19.1. The summed E-state index contributed by atoms with van der Waals surface area (Å²) in [5, 5.41) is 6.25. The van der Waals surface area contributed by atoms with Gasteiger partial charge in [0.25, 0.3) is 5.91 Å². The van der Waals surface area contributed by atoms with E-state index in [1.54, 1.807) is 19.2 Å². The van der Waals surface area contributed by atoms with Gasteiger partial charge < -0.3 is 20.8 Å². The van der Waals surface area contributed by atoms with Crippen LogP contribution in [-0.2, 0) is 13.0 Å². The Morgan fingerprint density at radius 2 is 2.08 bits per heavy atom. The van der Waals surface area contributed by atoms with Crippen molar-refractivity contribution in [2.45, 2.75) is 19.9 Å². The van der Waals surface area contributed by atoms with Crippen LogP contribution in [0.1, 0.15) is 27.4 Å². The molecular weight excluding hydrogens is 311 g/mol. The van der Waals surface area contributed by atoms with E-state index in [1.807, 2.05) is 6.92 Å². The molecule has 2 rings (SSSR count). The molecule has 7 heteroatoms. The molecule has 24 heavy (non-hydrogen) atoms. The molecule has 0 aliphatic carbocycles. The van der Waals surface area contributed by atoms with Crippen LogP contribution in [-0.4, -0.2) is 25.5 Å². The van der Waals surface area contributed by atoms with Crippen molar-refractivity contribution in [2.75, 3.05) is 13.6 Å². The number of hydrogen-bond acceptors (Lipinski definition) is 3. The number of guanidine groups is 1. The fourth-order valence-electron chi connectivity index (χ4n) is 2.25. The molecule has 6 nitrogen and oxygen atoms in total. The zero-order valence-corrected chi connectivity index (χ0v) is 13.7. The molecule has 0 atom stereocenters. The lowest BCUT2D eigenvalue weighted by atomic mass is 10.1. The summed E-state index contributed by atoms with van der Waals surface area (Å²) in [6.07, 6.45) is 0.749. The van der Waals surface area contributed by atoms with Gasteiger partial charge in [0.05, 0.1) is 6.54 Å². The number of carbonyl (C=O) groups is 1. The Kier molecular flexibility index (Phi) is 5.95. The molecule has 0 saturated heterocycles. The standard InChI is InChI=1S/C17H21FN4O2/c1-11-9-13(18)4-3-12(11)7-8-21-17(20-2)22-10-14-5-6-15(24-14)16(19)23/h3-6,9H,7-8,10H2,1-2H3,(H2,19,23)(H2,20,21,22). The van der Waals surface area contributed by atoms with Gasteiger partial charge >= 0.3 is 0 Å². The van der Waals surface area contributed by atoms with Gasteiger partial charge in [-0.3, -0.25) is 9.79 Å². The Morgan fingerprint density at radius 3 is 2.71 bits per heavy atom. The lowest BCUT2D eigenvalue weighted by Crippen LogP contribution is -2.37. The Labute approximate surface area is 139 Å². The maximum absolute atomic E-state index is 13.1. The van der Waals surface area contributed by atoms with Gasteiger partial charge in [-0.15, -0.1) is 0 Å². The molecule has 1 aromatic carbocycles. The van der Waals surface area contributed by atoms with E-state index >= 15 is 0 Å². The van der Waals surface area contributed by atoms with Gasteiger partial charge in [0.2, 0.25) is 0 Å². The molecule has 0 aliphatic rings. The smallest absolute Gasteiger partial charge is 0.284 e. The number of hydrogen-bond donors (Lipinski definition) is 3. The minimum Gasteiger partial charge on any atom is -0.454 e. The highest BCUT2D eigenvalue weighted by molar-refractivity contribution is 5.89. The lowest BCUT2D eigenvalue weighted by Gasteiger charge is -2.12. The van der Waals surface area contributed by atoms with E-state index < -0.39 is 5.91 Å². The Bertz CT molecular complexity index is 740. The largest absolute Gasteiger partial charge is 0.454 e. The maximum atomic E-state index is 13.1. The summed E-state index contributed by atoms with van der Waals surface area (Å²) >= 11 is 0. The van der Waals surface area contributed by atoms with Crippen LogP contribution < -0.4 is 16.4 Å². The van der Waals surface area contributed by atoms with Crippen molar-refractivity contribution in [3.63, 3.8) is 0 Å². The number of carbonyl (C=O) groups excluding carboxylic acids is 1. The van der Waals surface area contributed by atoms with Crippen molar-refractivity contribution in [1.82, 2.24) is 10.6 Å². The summed E-state index contributed by atoms with van der Waals surface area (Å²) in [7, 11) is 1.66. The average Bonchev–Trinajstić information content (AvgIpc) is 3.01. The molecule has 1 amide bonds. The first-order valence-corrected chi connectivity index (χ1v) is 7.57. The molecule has 0 bridgehead atoms. The van der Waals surface area contributed by atoms with Crippen LogP contribution in [0.5, 0.6) is 0 Å². The van der Waals surface area contributed by atoms with E-state index in [0.29, 0.717) is 24.8 Å². The number of furan rings is 1. The second kappa shape index (κ2) is 8.14. The number of rotatable bonds is 6. The third-order valence-electron chi connectivity index (χ3n) is 3.55. The number of nitrogens with one attached hydrogen (secondary N) is 2. The molecular formula is C17H21FN4O2. The van der Waals surface area contributed by atoms with E-state index in [2.05, 4.69) is 15.6 Å². The highest BCUT2D eigenvalue weighted by Gasteiger charge is 2.07. The summed E-state index contributed by atoms with van der Waals surface area (Å²) in [5.74, 6) is 0.489. The van der Waals surface area contributed by atoms with E-state index in [4.69, 9.17) is 10.2 Å². The number of nitrogens with zero attached hydrogens (tertiary/aromatic N) is 1. The van der Waals surface area contributed by atoms with Crippen molar-refractivity contribution < 1.29 is 13.6 Å². The first kappa shape index (κ1) is 17.5. The van der Waals surface area contributed by atoms with Crippen LogP contribution in [0.2, 0.25) is 0 Å². The van der Waals surface area contributed by atoms with Gasteiger partial charge in [0.1, 0.15) is 11.6 Å². The Balaban J connectivity index is 1.80. The minimum atomic E-state index is -0.599. The lowest BCUT2D eigenvalue weighted by molar-refractivity contribution is 0.0972. The predicted molar refractivity (Wildman–Crippen MR) is 90.3 cm³/mol. The zero-order chi connectivity index (χ0) is 17.5. The molecule has 1 heterocycles. The van der Waals surface area contributed by atoms with E-state index in [1.165, 1.54) is 18.2 Å². The van der Waals surface area contributed by atoms with Crippen LogP contribution in [0.4, 0.5) is 4.39 Å². The monoisotopic (exact) mass is 332 g/mol. The number of aliphatic imine (C=N–C) groups is 1. The van der Waals surface area contributed by atoms with E-state index in [-0.39, 0.29) is 11.6 Å². The number of primary amides is 1. The van der Waals surface area contributed by atoms with Crippen molar-refractivity contribution >= 4 is 11.9 Å². The summed E-state index contributed by atoms with van der Waals surface area (Å²) in [6, 6.07) is 7.99. The molecule has 2 aromatic rings. The third kappa shape index (κ3) is 4.84. The number of nitrogens with two attached hydrogens (primary N) is 1. The molecule has 0 fully saturated rings. The van der Waals surface area contributed by atoms with Gasteiger partial charge in [0, 0.05) is 13.6 Å². The van der Waals surface area contributed by atoms with Crippen molar-refractivity contribution in [3.8, 4) is 0 Å². The SMILES string of the molecule is CN=C(NCCc1ccc(F)cc1C)NCc1ccc(C(N)=O)o1. The van der Waals surface area contributed by atoms with Gasteiger partial charge in [-0.25, -0.2) is 4.39 Å². The fourth-order valence-corrected chi connectivity index (χ4v) is 2.25. The van der Waals surface area contributed by atoms with Crippen molar-refractivity contribution in [1.29, 1.82) is 0 Å². The first-order valence-electron chi connectivity index (χ1n) is 7.57.